The second-order valence-corrected chi connectivity index (χ2v) is 6.39. The van der Waals surface area contributed by atoms with Crippen LogP contribution in [0.3, 0.4) is 0 Å². The maximum Gasteiger partial charge on any atom is 0.267 e. The third-order valence-corrected chi connectivity index (χ3v) is 5.20. The lowest BCUT2D eigenvalue weighted by atomic mass is 10.2. The first kappa shape index (κ1) is 14.6. The van der Waals surface area contributed by atoms with Crippen molar-refractivity contribution in [2.75, 3.05) is 11.4 Å². The molecule has 1 aromatic carbocycles. The molecule has 1 heterocycles. The highest BCUT2D eigenvalue weighted by Gasteiger charge is 2.30. The molecule has 0 aliphatic heterocycles. The standard InChI is InChI=1S/C14H17NO4S/c1-10-13(9-16)14(11(2)19-10)20(17,18)15(3)12-7-5-4-6-8-12/h4-8,16H,9H2,1-3H3. The first-order valence-corrected chi connectivity index (χ1v) is 7.57. The number of hydrogen-bond donors (Lipinski definition) is 1. The molecule has 1 aromatic heterocycles. The summed E-state index contributed by atoms with van der Waals surface area (Å²) < 4.78 is 31.9. The number of nitrogens with zero attached hydrogens (tertiary/aromatic N) is 1. The van der Waals surface area contributed by atoms with Crippen LogP contribution in [0, 0.1) is 13.8 Å². The number of aryl methyl sites for hydroxylation is 2. The van der Waals surface area contributed by atoms with Gasteiger partial charge >= 0.3 is 0 Å². The Morgan fingerprint density at radius 3 is 2.30 bits per heavy atom. The van der Waals surface area contributed by atoms with Crippen LogP contribution in [0.1, 0.15) is 17.1 Å². The summed E-state index contributed by atoms with van der Waals surface area (Å²) in [6.07, 6.45) is 0. The lowest BCUT2D eigenvalue weighted by Crippen LogP contribution is -2.27. The van der Waals surface area contributed by atoms with Crippen molar-refractivity contribution in [2.45, 2.75) is 25.3 Å². The van der Waals surface area contributed by atoms with Gasteiger partial charge in [-0.2, -0.15) is 0 Å². The number of rotatable bonds is 4. The quantitative estimate of drug-likeness (QED) is 0.939. The Hall–Kier alpha value is -1.79. The van der Waals surface area contributed by atoms with E-state index in [2.05, 4.69) is 0 Å². The minimum Gasteiger partial charge on any atom is -0.465 e. The van der Waals surface area contributed by atoms with Crippen molar-refractivity contribution in [2.24, 2.45) is 0 Å². The molecule has 108 valence electrons. The Morgan fingerprint density at radius 2 is 1.75 bits per heavy atom. The highest BCUT2D eigenvalue weighted by atomic mass is 32.2. The molecule has 5 nitrogen and oxygen atoms in total. The zero-order valence-corrected chi connectivity index (χ0v) is 12.4. The van der Waals surface area contributed by atoms with Crippen molar-refractivity contribution < 1.29 is 17.9 Å². The molecule has 0 atom stereocenters. The number of aliphatic hydroxyl groups is 1. The fraction of sp³-hybridized carbons (Fsp3) is 0.286. The van der Waals surface area contributed by atoms with Crippen LogP contribution in [-0.4, -0.2) is 20.6 Å². The number of anilines is 1. The van der Waals surface area contributed by atoms with E-state index in [1.54, 1.807) is 38.1 Å². The van der Waals surface area contributed by atoms with E-state index in [0.717, 1.165) is 0 Å². The average Bonchev–Trinajstić information content (AvgIpc) is 2.73. The molecule has 2 aromatic rings. The van der Waals surface area contributed by atoms with Crippen LogP contribution >= 0.6 is 0 Å². The van der Waals surface area contributed by atoms with Crippen LogP contribution in [0.25, 0.3) is 0 Å². The van der Waals surface area contributed by atoms with Gasteiger partial charge in [0.1, 0.15) is 16.4 Å². The molecule has 0 radical (unpaired) electrons. The molecule has 0 saturated carbocycles. The van der Waals surface area contributed by atoms with Crippen LogP contribution in [0.15, 0.2) is 39.6 Å². The number of sulfonamides is 1. The Morgan fingerprint density at radius 1 is 1.15 bits per heavy atom. The highest BCUT2D eigenvalue weighted by molar-refractivity contribution is 7.92. The molecule has 0 amide bonds. The summed E-state index contributed by atoms with van der Waals surface area (Å²) in [4.78, 5) is 0.0452. The van der Waals surface area contributed by atoms with Crippen molar-refractivity contribution in [1.29, 1.82) is 0 Å². The molecular weight excluding hydrogens is 278 g/mol. The van der Waals surface area contributed by atoms with Gasteiger partial charge in [-0.3, -0.25) is 4.31 Å². The summed E-state index contributed by atoms with van der Waals surface area (Å²) >= 11 is 0. The minimum absolute atomic E-state index is 0.0452. The van der Waals surface area contributed by atoms with Crippen molar-refractivity contribution in [3.05, 3.63) is 47.4 Å². The molecule has 0 bridgehead atoms. The van der Waals surface area contributed by atoms with Gasteiger partial charge in [0.25, 0.3) is 10.0 Å². The Bertz CT molecular complexity index is 704. The summed E-state index contributed by atoms with van der Waals surface area (Å²) in [6, 6.07) is 8.76. The predicted molar refractivity (Wildman–Crippen MR) is 76.1 cm³/mol. The molecule has 6 heteroatoms. The van der Waals surface area contributed by atoms with Crippen molar-refractivity contribution >= 4 is 15.7 Å². The van der Waals surface area contributed by atoms with E-state index in [9.17, 15) is 13.5 Å². The van der Waals surface area contributed by atoms with Crippen molar-refractivity contribution in [3.63, 3.8) is 0 Å². The summed E-state index contributed by atoms with van der Waals surface area (Å²) in [7, 11) is -2.29. The second kappa shape index (κ2) is 5.30. The predicted octanol–water partition coefficient (Wildman–Crippen LogP) is 2.21. The number of benzene rings is 1. The zero-order valence-electron chi connectivity index (χ0n) is 11.6. The lowest BCUT2D eigenvalue weighted by molar-refractivity contribution is 0.276. The highest BCUT2D eigenvalue weighted by Crippen LogP contribution is 2.30. The van der Waals surface area contributed by atoms with Gasteiger partial charge in [-0.1, -0.05) is 18.2 Å². The van der Waals surface area contributed by atoms with Gasteiger partial charge < -0.3 is 9.52 Å². The largest absolute Gasteiger partial charge is 0.465 e. The third-order valence-electron chi connectivity index (χ3n) is 3.22. The molecule has 0 aliphatic carbocycles. The fourth-order valence-electron chi connectivity index (χ4n) is 2.14. The summed E-state index contributed by atoms with van der Waals surface area (Å²) in [6.45, 7) is 2.85. The van der Waals surface area contributed by atoms with E-state index in [1.165, 1.54) is 11.4 Å². The van der Waals surface area contributed by atoms with Gasteiger partial charge in [0.15, 0.2) is 0 Å². The Kier molecular flexibility index (Phi) is 3.87. The van der Waals surface area contributed by atoms with E-state index in [1.807, 2.05) is 6.07 Å². The smallest absolute Gasteiger partial charge is 0.267 e. The molecule has 2 rings (SSSR count). The van der Waals surface area contributed by atoms with E-state index in [4.69, 9.17) is 4.42 Å². The Labute approximate surface area is 118 Å². The number of para-hydroxylation sites is 1. The van der Waals surface area contributed by atoms with Crippen LogP contribution < -0.4 is 4.31 Å². The van der Waals surface area contributed by atoms with Crippen molar-refractivity contribution in [3.8, 4) is 0 Å². The number of hydrogen-bond acceptors (Lipinski definition) is 4. The summed E-state index contributed by atoms with van der Waals surface area (Å²) in [5.74, 6) is 0.708. The topological polar surface area (TPSA) is 70.8 Å². The average molecular weight is 295 g/mol. The summed E-state index contributed by atoms with van der Waals surface area (Å²) in [5.41, 5.74) is 0.861. The van der Waals surface area contributed by atoms with Gasteiger partial charge in [-0.05, 0) is 26.0 Å². The molecule has 0 unspecified atom stereocenters. The van der Waals surface area contributed by atoms with Crippen molar-refractivity contribution in [1.82, 2.24) is 0 Å². The van der Waals surface area contributed by atoms with Gasteiger partial charge in [0.05, 0.1) is 12.3 Å². The van der Waals surface area contributed by atoms with Gasteiger partial charge in [0, 0.05) is 12.6 Å². The SMILES string of the molecule is Cc1oc(C)c(S(=O)(=O)N(C)c2ccccc2)c1CO. The van der Waals surface area contributed by atoms with Gasteiger partial charge in [0.2, 0.25) is 0 Å². The third kappa shape index (κ3) is 2.32. The monoisotopic (exact) mass is 295 g/mol. The lowest BCUT2D eigenvalue weighted by Gasteiger charge is -2.19. The van der Waals surface area contributed by atoms with E-state index in [-0.39, 0.29) is 17.3 Å². The normalized spacial score (nSPS) is 11.6. The molecule has 0 aliphatic rings. The second-order valence-electron chi connectivity index (χ2n) is 4.49. The van der Waals surface area contributed by atoms with Crippen LogP contribution in [0.2, 0.25) is 0 Å². The summed E-state index contributed by atoms with van der Waals surface area (Å²) in [5, 5.41) is 9.39. The molecule has 0 spiro atoms. The molecule has 0 saturated heterocycles. The molecule has 20 heavy (non-hydrogen) atoms. The number of furan rings is 1. The maximum atomic E-state index is 12.7. The number of aliphatic hydroxyl groups excluding tert-OH is 1. The van der Waals surface area contributed by atoms with Gasteiger partial charge in [-0.15, -0.1) is 0 Å². The Balaban J connectivity index is 2.57. The van der Waals surface area contributed by atoms with Gasteiger partial charge in [-0.25, -0.2) is 8.42 Å². The van der Waals surface area contributed by atoms with Crippen LogP contribution in [0.5, 0.6) is 0 Å². The zero-order chi connectivity index (χ0) is 14.9. The minimum atomic E-state index is -3.77. The van der Waals surface area contributed by atoms with E-state index < -0.39 is 10.0 Å². The van der Waals surface area contributed by atoms with E-state index in [0.29, 0.717) is 17.0 Å². The van der Waals surface area contributed by atoms with E-state index >= 15 is 0 Å². The van der Waals surface area contributed by atoms with Crippen LogP contribution in [0.4, 0.5) is 5.69 Å². The molecular formula is C14H17NO4S. The molecule has 0 fully saturated rings. The molecule has 1 N–H and O–H groups in total. The maximum absolute atomic E-state index is 12.7. The fourth-order valence-corrected chi connectivity index (χ4v) is 3.74. The van der Waals surface area contributed by atoms with Crippen LogP contribution in [-0.2, 0) is 16.6 Å². The first-order valence-electron chi connectivity index (χ1n) is 6.13. The first-order chi connectivity index (χ1) is 9.39.